The predicted octanol–water partition coefficient (Wildman–Crippen LogP) is 4.33. The van der Waals surface area contributed by atoms with E-state index in [9.17, 15) is 8.42 Å². The smallest absolute Gasteiger partial charge is 0.175 e. The second-order valence-corrected chi connectivity index (χ2v) is 8.48. The van der Waals surface area contributed by atoms with E-state index in [-0.39, 0.29) is 4.90 Å². The molecule has 3 aromatic rings. The summed E-state index contributed by atoms with van der Waals surface area (Å²) < 4.78 is 23.3. The second kappa shape index (κ2) is 7.86. The SMILES string of the molecule is C/C=C(\C(=N)c1cccc(C)n1)c1ccnc(-c2ccc(S(C)(=O)=O)cc2)c1. The molecule has 0 saturated carbocycles. The molecule has 0 atom stereocenters. The third kappa shape index (κ3) is 4.23. The molecule has 6 heteroatoms. The zero-order valence-electron chi connectivity index (χ0n) is 16.0. The van der Waals surface area contributed by atoms with Crippen LogP contribution >= 0.6 is 0 Å². The summed E-state index contributed by atoms with van der Waals surface area (Å²) in [5, 5.41) is 8.58. The van der Waals surface area contributed by atoms with Gasteiger partial charge in [0.05, 0.1) is 22.0 Å². The summed E-state index contributed by atoms with van der Waals surface area (Å²) in [5.74, 6) is 0. The summed E-state index contributed by atoms with van der Waals surface area (Å²) in [6, 6.07) is 16.0. The van der Waals surface area contributed by atoms with E-state index in [0.29, 0.717) is 17.1 Å². The Kier molecular flexibility index (Phi) is 5.51. The van der Waals surface area contributed by atoms with Crippen LogP contribution in [-0.4, -0.2) is 30.4 Å². The van der Waals surface area contributed by atoms with E-state index in [1.807, 2.05) is 50.3 Å². The quantitative estimate of drug-likeness (QED) is 0.656. The number of nitrogens with one attached hydrogen (secondary N) is 1. The van der Waals surface area contributed by atoms with Gasteiger partial charge in [-0.05, 0) is 55.8 Å². The van der Waals surface area contributed by atoms with E-state index in [2.05, 4.69) is 9.97 Å². The van der Waals surface area contributed by atoms with E-state index in [0.717, 1.165) is 22.4 Å². The summed E-state index contributed by atoms with van der Waals surface area (Å²) in [6.45, 7) is 3.79. The Bertz CT molecular complexity index is 1160. The molecule has 1 N–H and O–H groups in total. The van der Waals surface area contributed by atoms with Gasteiger partial charge in [-0.3, -0.25) is 15.4 Å². The van der Waals surface area contributed by atoms with Crippen LogP contribution in [0.25, 0.3) is 16.8 Å². The van der Waals surface area contributed by atoms with Crippen molar-refractivity contribution < 1.29 is 8.42 Å². The molecule has 0 bridgehead atoms. The fraction of sp³-hybridized carbons (Fsp3) is 0.136. The van der Waals surface area contributed by atoms with Crippen molar-refractivity contribution in [2.75, 3.05) is 6.26 Å². The average molecular weight is 391 g/mol. The summed E-state index contributed by atoms with van der Waals surface area (Å²) in [6.07, 6.45) is 4.76. The van der Waals surface area contributed by atoms with Crippen LogP contribution in [0.3, 0.4) is 0 Å². The molecule has 28 heavy (non-hydrogen) atoms. The molecule has 2 aromatic heterocycles. The molecule has 0 unspecified atom stereocenters. The minimum Gasteiger partial charge on any atom is -0.298 e. The normalized spacial score (nSPS) is 12.0. The Morgan fingerprint density at radius 3 is 2.39 bits per heavy atom. The molecular weight excluding hydrogens is 370 g/mol. The number of nitrogens with zero attached hydrogens (tertiary/aromatic N) is 2. The van der Waals surface area contributed by atoms with Crippen molar-refractivity contribution in [2.45, 2.75) is 18.7 Å². The Labute approximate surface area is 165 Å². The number of hydrogen-bond donors (Lipinski definition) is 1. The number of hydrogen-bond acceptors (Lipinski definition) is 5. The highest BCUT2D eigenvalue weighted by atomic mass is 32.2. The lowest BCUT2D eigenvalue weighted by molar-refractivity contribution is 0.602. The molecule has 2 heterocycles. The third-order valence-electron chi connectivity index (χ3n) is 4.35. The van der Waals surface area contributed by atoms with Gasteiger partial charge in [0.15, 0.2) is 9.84 Å². The monoisotopic (exact) mass is 391 g/mol. The molecule has 5 nitrogen and oxygen atoms in total. The fourth-order valence-electron chi connectivity index (χ4n) is 2.90. The summed E-state index contributed by atoms with van der Waals surface area (Å²) >= 11 is 0. The van der Waals surface area contributed by atoms with Crippen molar-refractivity contribution in [1.29, 1.82) is 5.41 Å². The largest absolute Gasteiger partial charge is 0.298 e. The lowest BCUT2D eigenvalue weighted by Gasteiger charge is -2.11. The van der Waals surface area contributed by atoms with E-state index < -0.39 is 9.84 Å². The van der Waals surface area contributed by atoms with Gasteiger partial charge in [-0.15, -0.1) is 0 Å². The minimum absolute atomic E-state index is 0.272. The van der Waals surface area contributed by atoms with Gasteiger partial charge >= 0.3 is 0 Å². The Morgan fingerprint density at radius 1 is 1.07 bits per heavy atom. The first-order valence-corrected chi connectivity index (χ1v) is 10.6. The van der Waals surface area contributed by atoms with Crippen molar-refractivity contribution in [3.8, 4) is 11.3 Å². The number of aryl methyl sites for hydroxylation is 1. The molecule has 0 aliphatic heterocycles. The first-order valence-electron chi connectivity index (χ1n) is 8.76. The molecule has 0 aliphatic carbocycles. The molecule has 0 spiro atoms. The second-order valence-electron chi connectivity index (χ2n) is 6.47. The van der Waals surface area contributed by atoms with Gasteiger partial charge < -0.3 is 0 Å². The van der Waals surface area contributed by atoms with Crippen LogP contribution in [0.1, 0.15) is 23.9 Å². The molecule has 0 amide bonds. The number of sulfone groups is 1. The van der Waals surface area contributed by atoms with Crippen molar-refractivity contribution in [3.05, 3.63) is 83.8 Å². The Morgan fingerprint density at radius 2 is 1.79 bits per heavy atom. The summed E-state index contributed by atoms with van der Waals surface area (Å²) in [5.41, 5.74) is 4.95. The van der Waals surface area contributed by atoms with Gasteiger partial charge in [0.1, 0.15) is 0 Å². The zero-order chi connectivity index (χ0) is 20.3. The molecule has 0 aliphatic rings. The third-order valence-corrected chi connectivity index (χ3v) is 5.48. The number of benzene rings is 1. The zero-order valence-corrected chi connectivity index (χ0v) is 16.8. The standard InChI is InChI=1S/C22H21N3O2S/c1-4-19(22(23)20-7-5-6-15(2)25-20)17-12-13-24-21(14-17)16-8-10-18(11-9-16)28(3,26)27/h4-14,23H,1-3H3/b19-4-,23-22?. The van der Waals surface area contributed by atoms with E-state index in [1.54, 1.807) is 30.5 Å². The highest BCUT2D eigenvalue weighted by Gasteiger charge is 2.13. The maximum absolute atomic E-state index is 11.6. The van der Waals surface area contributed by atoms with Crippen LogP contribution in [0.15, 0.2) is 71.8 Å². The van der Waals surface area contributed by atoms with Gasteiger partial charge in [0.25, 0.3) is 0 Å². The van der Waals surface area contributed by atoms with E-state index in [4.69, 9.17) is 5.41 Å². The van der Waals surface area contributed by atoms with Gasteiger partial charge in [-0.1, -0.05) is 24.3 Å². The minimum atomic E-state index is -3.24. The van der Waals surface area contributed by atoms with Crippen molar-refractivity contribution in [3.63, 3.8) is 0 Å². The van der Waals surface area contributed by atoms with Crippen LogP contribution < -0.4 is 0 Å². The maximum atomic E-state index is 11.6. The molecule has 142 valence electrons. The topological polar surface area (TPSA) is 83.8 Å². The maximum Gasteiger partial charge on any atom is 0.175 e. The van der Waals surface area contributed by atoms with Crippen molar-refractivity contribution >= 4 is 21.1 Å². The van der Waals surface area contributed by atoms with Crippen LogP contribution in [0.2, 0.25) is 0 Å². The van der Waals surface area contributed by atoms with Crippen LogP contribution in [0.4, 0.5) is 0 Å². The fourth-order valence-corrected chi connectivity index (χ4v) is 3.53. The van der Waals surface area contributed by atoms with Gasteiger partial charge in [-0.25, -0.2) is 8.42 Å². The van der Waals surface area contributed by atoms with Gasteiger partial charge in [-0.2, -0.15) is 0 Å². The van der Waals surface area contributed by atoms with Gasteiger partial charge in [0.2, 0.25) is 0 Å². The van der Waals surface area contributed by atoms with E-state index in [1.165, 1.54) is 6.26 Å². The molecule has 3 rings (SSSR count). The highest BCUT2D eigenvalue weighted by molar-refractivity contribution is 7.90. The van der Waals surface area contributed by atoms with Crippen molar-refractivity contribution in [1.82, 2.24) is 9.97 Å². The van der Waals surface area contributed by atoms with Gasteiger partial charge in [0, 0.05) is 29.3 Å². The number of aromatic nitrogens is 2. The van der Waals surface area contributed by atoms with Crippen LogP contribution in [-0.2, 0) is 9.84 Å². The first kappa shape index (κ1) is 19.6. The summed E-state index contributed by atoms with van der Waals surface area (Å²) in [7, 11) is -3.24. The summed E-state index contributed by atoms with van der Waals surface area (Å²) in [4.78, 5) is 9.12. The molecule has 0 saturated heterocycles. The Hall–Kier alpha value is -3.12. The van der Waals surface area contributed by atoms with Crippen molar-refractivity contribution in [2.24, 2.45) is 0 Å². The molecule has 1 aromatic carbocycles. The molecular formula is C22H21N3O2S. The van der Waals surface area contributed by atoms with E-state index >= 15 is 0 Å². The number of pyridine rings is 2. The first-order chi connectivity index (χ1) is 13.3. The average Bonchev–Trinajstić information content (AvgIpc) is 2.68. The Balaban J connectivity index is 1.97. The van der Waals surface area contributed by atoms with Crippen LogP contribution in [0, 0.1) is 12.3 Å². The predicted molar refractivity (Wildman–Crippen MR) is 112 cm³/mol. The highest BCUT2D eigenvalue weighted by Crippen LogP contribution is 2.25. The lowest BCUT2D eigenvalue weighted by Crippen LogP contribution is -2.06. The molecule has 0 fully saturated rings. The van der Waals surface area contributed by atoms with Crippen LogP contribution in [0.5, 0.6) is 0 Å². The molecule has 0 radical (unpaired) electrons. The number of allylic oxidation sites excluding steroid dienone is 2. The lowest BCUT2D eigenvalue weighted by atomic mass is 9.97. The number of rotatable bonds is 5.